The van der Waals surface area contributed by atoms with Gasteiger partial charge in [-0.3, -0.25) is 0 Å². The van der Waals surface area contributed by atoms with E-state index in [1.807, 2.05) is 13.8 Å². The highest BCUT2D eigenvalue weighted by Gasteiger charge is 2.08. The molecule has 1 aromatic rings. The molecule has 0 saturated carbocycles. The maximum absolute atomic E-state index is 8.99. The predicted molar refractivity (Wildman–Crippen MR) is 74.5 cm³/mol. The van der Waals surface area contributed by atoms with Crippen LogP contribution in [0.2, 0.25) is 0 Å². The Balaban J connectivity index is 2.73. The summed E-state index contributed by atoms with van der Waals surface area (Å²) in [5.41, 5.74) is 0. The molecule has 0 amide bonds. The van der Waals surface area contributed by atoms with Crippen molar-refractivity contribution in [2.45, 2.75) is 27.2 Å². The zero-order valence-corrected chi connectivity index (χ0v) is 11.8. The van der Waals surface area contributed by atoms with E-state index in [9.17, 15) is 0 Å². The molecule has 19 heavy (non-hydrogen) atoms. The Morgan fingerprint density at radius 2 is 1.84 bits per heavy atom. The van der Waals surface area contributed by atoms with Gasteiger partial charge in [-0.25, -0.2) is 0 Å². The van der Waals surface area contributed by atoms with Crippen LogP contribution in [0.4, 0.5) is 11.9 Å². The molecular weight excluding hydrogens is 246 g/mol. The first kappa shape index (κ1) is 15.4. The zero-order chi connectivity index (χ0) is 14.1. The number of aromatic nitrogens is 3. The van der Waals surface area contributed by atoms with Crippen LogP contribution in [0.5, 0.6) is 6.01 Å². The Hall–Kier alpha value is -1.63. The van der Waals surface area contributed by atoms with Gasteiger partial charge in [0.2, 0.25) is 11.9 Å². The zero-order valence-electron chi connectivity index (χ0n) is 11.8. The van der Waals surface area contributed by atoms with E-state index in [-0.39, 0.29) is 12.5 Å². The van der Waals surface area contributed by atoms with Crippen LogP contribution >= 0.6 is 0 Å². The second-order valence-corrected chi connectivity index (χ2v) is 4.29. The first-order valence-electron chi connectivity index (χ1n) is 6.67. The van der Waals surface area contributed by atoms with Crippen LogP contribution in [0.1, 0.15) is 27.2 Å². The van der Waals surface area contributed by atoms with Gasteiger partial charge in [-0.2, -0.15) is 15.0 Å². The number of hydrogen-bond donors (Lipinski definition) is 3. The molecule has 1 aromatic heterocycles. The second kappa shape index (κ2) is 8.47. The van der Waals surface area contributed by atoms with Crippen LogP contribution in [0.25, 0.3) is 0 Å². The fourth-order valence-electron chi connectivity index (χ4n) is 1.28. The Bertz CT molecular complexity index is 375. The molecule has 0 saturated heterocycles. The van der Waals surface area contributed by atoms with Gasteiger partial charge < -0.3 is 20.5 Å². The minimum atomic E-state index is 0.122. The average Bonchev–Trinajstić information content (AvgIpc) is 2.42. The van der Waals surface area contributed by atoms with E-state index in [0.717, 1.165) is 13.0 Å². The maximum Gasteiger partial charge on any atom is 0.323 e. The van der Waals surface area contributed by atoms with E-state index in [1.54, 1.807) is 0 Å². The van der Waals surface area contributed by atoms with Gasteiger partial charge in [0.1, 0.15) is 0 Å². The molecule has 1 unspecified atom stereocenters. The highest BCUT2D eigenvalue weighted by Crippen LogP contribution is 2.11. The monoisotopic (exact) mass is 269 g/mol. The molecule has 0 radical (unpaired) electrons. The number of nitrogens with one attached hydrogen (secondary N) is 2. The summed E-state index contributed by atoms with van der Waals surface area (Å²) in [7, 11) is 0. The molecule has 0 fully saturated rings. The first-order chi connectivity index (χ1) is 9.19. The van der Waals surface area contributed by atoms with Gasteiger partial charge in [-0.05, 0) is 19.3 Å². The number of hydrogen-bond acceptors (Lipinski definition) is 7. The SMILES string of the molecule is CCCNc1nc(NCC(C)CO)nc(OCC)n1. The van der Waals surface area contributed by atoms with Crippen molar-refractivity contribution < 1.29 is 9.84 Å². The van der Waals surface area contributed by atoms with Crippen molar-refractivity contribution in [3.63, 3.8) is 0 Å². The van der Waals surface area contributed by atoms with E-state index in [2.05, 4.69) is 32.5 Å². The van der Waals surface area contributed by atoms with Crippen molar-refractivity contribution in [1.29, 1.82) is 0 Å². The standard InChI is InChI=1S/C12H23N5O2/c1-4-6-13-10-15-11(14-7-9(3)8-18)17-12(16-10)19-5-2/h9,18H,4-8H2,1-3H3,(H2,13,14,15,16,17). The number of anilines is 2. The molecule has 1 atom stereocenters. The topological polar surface area (TPSA) is 92.2 Å². The molecule has 0 aliphatic carbocycles. The van der Waals surface area contributed by atoms with E-state index in [0.29, 0.717) is 31.1 Å². The number of aliphatic hydroxyl groups excluding tert-OH is 1. The molecule has 7 nitrogen and oxygen atoms in total. The maximum atomic E-state index is 8.99. The second-order valence-electron chi connectivity index (χ2n) is 4.29. The molecule has 1 rings (SSSR count). The van der Waals surface area contributed by atoms with Crippen molar-refractivity contribution >= 4 is 11.9 Å². The van der Waals surface area contributed by atoms with Crippen LogP contribution in [0.15, 0.2) is 0 Å². The van der Waals surface area contributed by atoms with Gasteiger partial charge in [0, 0.05) is 19.7 Å². The summed E-state index contributed by atoms with van der Waals surface area (Å²) < 4.78 is 5.31. The van der Waals surface area contributed by atoms with E-state index in [1.165, 1.54) is 0 Å². The Kier molecular flexibility index (Phi) is 6.88. The number of nitrogens with zero attached hydrogens (tertiary/aromatic N) is 3. The van der Waals surface area contributed by atoms with Gasteiger partial charge in [0.25, 0.3) is 0 Å². The molecule has 108 valence electrons. The molecule has 0 aliphatic rings. The van der Waals surface area contributed by atoms with Crippen molar-refractivity contribution in [3.05, 3.63) is 0 Å². The Labute approximate surface area is 113 Å². The molecule has 1 heterocycles. The third-order valence-electron chi connectivity index (χ3n) is 2.34. The summed E-state index contributed by atoms with van der Waals surface area (Å²) in [5.74, 6) is 1.09. The fraction of sp³-hybridized carbons (Fsp3) is 0.750. The summed E-state index contributed by atoms with van der Waals surface area (Å²) in [4.78, 5) is 12.6. The first-order valence-corrected chi connectivity index (χ1v) is 6.67. The molecule has 0 bridgehead atoms. The molecule has 0 aliphatic heterocycles. The fourth-order valence-corrected chi connectivity index (χ4v) is 1.28. The summed E-state index contributed by atoms with van der Waals surface area (Å²) in [6.07, 6.45) is 0.986. The minimum absolute atomic E-state index is 0.122. The smallest absolute Gasteiger partial charge is 0.323 e. The van der Waals surface area contributed by atoms with Gasteiger partial charge in [0.05, 0.1) is 6.61 Å². The molecule has 0 aromatic carbocycles. The highest BCUT2D eigenvalue weighted by atomic mass is 16.5. The largest absolute Gasteiger partial charge is 0.464 e. The lowest BCUT2D eigenvalue weighted by Crippen LogP contribution is -2.17. The average molecular weight is 269 g/mol. The van der Waals surface area contributed by atoms with Crippen molar-refractivity contribution in [2.24, 2.45) is 5.92 Å². The summed E-state index contributed by atoms with van der Waals surface area (Å²) >= 11 is 0. The van der Waals surface area contributed by atoms with Crippen molar-refractivity contribution in [3.8, 4) is 6.01 Å². The lowest BCUT2D eigenvalue weighted by atomic mass is 10.2. The summed E-state index contributed by atoms with van der Waals surface area (Å²) in [6.45, 7) is 7.90. The van der Waals surface area contributed by atoms with Gasteiger partial charge >= 0.3 is 6.01 Å². The lowest BCUT2D eigenvalue weighted by molar-refractivity contribution is 0.244. The third kappa shape index (κ3) is 5.69. The Morgan fingerprint density at radius 1 is 1.16 bits per heavy atom. The van der Waals surface area contributed by atoms with Crippen LogP contribution in [0.3, 0.4) is 0 Å². The predicted octanol–water partition coefficient (Wildman–Crippen LogP) is 1.13. The van der Waals surface area contributed by atoms with Crippen LogP contribution < -0.4 is 15.4 Å². The van der Waals surface area contributed by atoms with E-state index >= 15 is 0 Å². The van der Waals surface area contributed by atoms with E-state index in [4.69, 9.17) is 9.84 Å². The Morgan fingerprint density at radius 3 is 2.42 bits per heavy atom. The number of rotatable bonds is 9. The molecule has 3 N–H and O–H groups in total. The number of ether oxygens (including phenoxy) is 1. The van der Waals surface area contributed by atoms with Crippen LogP contribution in [0, 0.1) is 5.92 Å². The van der Waals surface area contributed by atoms with E-state index < -0.39 is 0 Å². The highest BCUT2D eigenvalue weighted by molar-refractivity contribution is 5.35. The number of aliphatic hydroxyl groups is 1. The van der Waals surface area contributed by atoms with Crippen molar-refractivity contribution in [2.75, 3.05) is 36.9 Å². The van der Waals surface area contributed by atoms with Crippen molar-refractivity contribution in [1.82, 2.24) is 15.0 Å². The van der Waals surface area contributed by atoms with Gasteiger partial charge in [-0.15, -0.1) is 0 Å². The van der Waals surface area contributed by atoms with Gasteiger partial charge in [-0.1, -0.05) is 13.8 Å². The van der Waals surface area contributed by atoms with Crippen LogP contribution in [-0.2, 0) is 0 Å². The summed E-state index contributed by atoms with van der Waals surface area (Å²) in [6, 6.07) is 0.301. The molecule has 7 heteroatoms. The lowest BCUT2D eigenvalue weighted by Gasteiger charge is -2.11. The normalized spacial score (nSPS) is 12.0. The summed E-state index contributed by atoms with van der Waals surface area (Å²) in [5, 5.41) is 15.2. The third-order valence-corrected chi connectivity index (χ3v) is 2.34. The quantitative estimate of drug-likeness (QED) is 0.619. The van der Waals surface area contributed by atoms with Crippen LogP contribution in [-0.4, -0.2) is 46.4 Å². The molecular formula is C12H23N5O2. The van der Waals surface area contributed by atoms with Gasteiger partial charge in [0.15, 0.2) is 0 Å². The molecule has 0 spiro atoms. The minimum Gasteiger partial charge on any atom is -0.464 e.